The third-order valence-corrected chi connectivity index (χ3v) is 5.65. The van der Waals surface area contributed by atoms with Crippen LogP contribution in [0, 0.1) is 5.82 Å². The Hall–Kier alpha value is -4.37. The van der Waals surface area contributed by atoms with E-state index in [-0.39, 0.29) is 34.7 Å². The largest absolute Gasteiger partial charge is 0.484 e. The van der Waals surface area contributed by atoms with E-state index in [9.17, 15) is 14.0 Å². The second kappa shape index (κ2) is 10.5. The van der Waals surface area contributed by atoms with E-state index in [1.807, 2.05) is 24.3 Å². The van der Waals surface area contributed by atoms with Crippen LogP contribution in [0.1, 0.15) is 0 Å². The molecule has 0 aliphatic carbocycles. The SMILES string of the molecule is O=C(COc1ccc2c(=O)c(Oc3ccc(F)cc3)coc2c1)Nc1ccc(N2CCOCC2)cc1. The molecule has 2 heterocycles. The molecule has 0 atom stereocenters. The van der Waals surface area contributed by atoms with Crippen LogP contribution in [-0.4, -0.2) is 38.8 Å². The maximum absolute atomic E-state index is 13.1. The number of morpholine rings is 1. The molecule has 0 unspecified atom stereocenters. The Morgan fingerprint density at radius 1 is 0.972 bits per heavy atom. The van der Waals surface area contributed by atoms with Crippen LogP contribution in [0.4, 0.5) is 15.8 Å². The summed E-state index contributed by atoms with van der Waals surface area (Å²) in [5, 5.41) is 3.09. The Balaban J connectivity index is 1.19. The number of hydrogen-bond acceptors (Lipinski definition) is 7. The monoisotopic (exact) mass is 490 g/mol. The highest BCUT2D eigenvalue weighted by molar-refractivity contribution is 5.92. The van der Waals surface area contributed by atoms with Gasteiger partial charge >= 0.3 is 0 Å². The van der Waals surface area contributed by atoms with Gasteiger partial charge in [-0.25, -0.2) is 4.39 Å². The molecular formula is C27H23FN2O6. The topological polar surface area (TPSA) is 90.2 Å². The molecule has 4 aromatic rings. The average Bonchev–Trinajstić information content (AvgIpc) is 2.91. The number of hydrogen-bond donors (Lipinski definition) is 1. The van der Waals surface area contributed by atoms with Crippen LogP contribution in [0.15, 0.2) is 82.2 Å². The molecule has 1 aliphatic heterocycles. The van der Waals surface area contributed by atoms with Crippen molar-refractivity contribution in [1.29, 1.82) is 0 Å². The quantitative estimate of drug-likeness (QED) is 0.406. The van der Waals surface area contributed by atoms with Gasteiger partial charge in [0.05, 0.1) is 18.6 Å². The minimum absolute atomic E-state index is 0.0261. The summed E-state index contributed by atoms with van der Waals surface area (Å²) in [5.41, 5.74) is 1.64. The smallest absolute Gasteiger partial charge is 0.262 e. The lowest BCUT2D eigenvalue weighted by Crippen LogP contribution is -2.36. The summed E-state index contributed by atoms with van der Waals surface area (Å²) in [4.78, 5) is 27.3. The molecule has 9 heteroatoms. The van der Waals surface area contributed by atoms with Crippen LogP contribution < -0.4 is 25.1 Å². The highest BCUT2D eigenvalue weighted by Gasteiger charge is 2.13. The molecule has 1 saturated heterocycles. The van der Waals surface area contributed by atoms with Crippen LogP contribution in [0.5, 0.6) is 17.2 Å². The maximum atomic E-state index is 13.1. The molecule has 5 rings (SSSR count). The van der Waals surface area contributed by atoms with Gasteiger partial charge in [0, 0.05) is 30.5 Å². The lowest BCUT2D eigenvalue weighted by atomic mass is 10.2. The summed E-state index contributed by atoms with van der Waals surface area (Å²) < 4.78 is 35.1. The fraction of sp³-hybridized carbons (Fsp3) is 0.185. The van der Waals surface area contributed by atoms with Crippen molar-refractivity contribution >= 4 is 28.3 Å². The van der Waals surface area contributed by atoms with Crippen molar-refractivity contribution in [3.8, 4) is 17.2 Å². The summed E-state index contributed by atoms with van der Waals surface area (Å²) in [6.45, 7) is 2.88. The van der Waals surface area contributed by atoms with Crippen LogP contribution in [0.25, 0.3) is 11.0 Å². The van der Waals surface area contributed by atoms with Crippen LogP contribution in [0.2, 0.25) is 0 Å². The molecular weight excluding hydrogens is 467 g/mol. The van der Waals surface area contributed by atoms with Gasteiger partial charge in [0.25, 0.3) is 5.91 Å². The number of carbonyl (C=O) groups excluding carboxylic acids is 1. The Morgan fingerprint density at radius 2 is 1.69 bits per heavy atom. The lowest BCUT2D eigenvalue weighted by molar-refractivity contribution is -0.118. The number of nitrogens with one attached hydrogen (secondary N) is 1. The minimum Gasteiger partial charge on any atom is -0.484 e. The molecule has 0 saturated carbocycles. The first kappa shape index (κ1) is 23.4. The van der Waals surface area contributed by atoms with E-state index >= 15 is 0 Å². The third-order valence-electron chi connectivity index (χ3n) is 5.65. The summed E-state index contributed by atoms with van der Waals surface area (Å²) in [6.07, 6.45) is 1.19. The summed E-state index contributed by atoms with van der Waals surface area (Å²) in [7, 11) is 0. The van der Waals surface area contributed by atoms with Gasteiger partial charge < -0.3 is 28.8 Å². The Kier molecular flexibility index (Phi) is 6.81. The fourth-order valence-electron chi connectivity index (χ4n) is 3.80. The summed E-state index contributed by atoms with van der Waals surface area (Å²) in [5.74, 6) is -0.0725. The van der Waals surface area contributed by atoms with Gasteiger partial charge in [0.2, 0.25) is 11.2 Å². The number of amides is 1. The van der Waals surface area contributed by atoms with Crippen molar-refractivity contribution in [2.45, 2.75) is 0 Å². The van der Waals surface area contributed by atoms with E-state index < -0.39 is 5.82 Å². The van der Waals surface area contributed by atoms with Crippen molar-refractivity contribution in [2.24, 2.45) is 0 Å². The second-order valence-corrected chi connectivity index (χ2v) is 8.13. The van der Waals surface area contributed by atoms with Gasteiger partial charge in [0.1, 0.15) is 29.2 Å². The Bertz CT molecular complexity index is 1410. The molecule has 1 amide bonds. The van der Waals surface area contributed by atoms with E-state index in [1.54, 1.807) is 6.07 Å². The number of halogens is 1. The summed E-state index contributed by atoms with van der Waals surface area (Å²) in [6, 6.07) is 17.6. The van der Waals surface area contributed by atoms with Gasteiger partial charge in [-0.05, 0) is 60.7 Å². The first-order valence-electron chi connectivity index (χ1n) is 11.4. The number of anilines is 2. The lowest BCUT2D eigenvalue weighted by Gasteiger charge is -2.28. The van der Waals surface area contributed by atoms with E-state index in [4.69, 9.17) is 18.6 Å². The van der Waals surface area contributed by atoms with Gasteiger partial charge in [-0.15, -0.1) is 0 Å². The molecule has 0 radical (unpaired) electrons. The highest BCUT2D eigenvalue weighted by atomic mass is 19.1. The van der Waals surface area contributed by atoms with Crippen LogP contribution in [0.3, 0.4) is 0 Å². The number of fused-ring (bicyclic) bond motifs is 1. The fourth-order valence-corrected chi connectivity index (χ4v) is 3.80. The van der Waals surface area contributed by atoms with E-state index in [0.29, 0.717) is 30.4 Å². The van der Waals surface area contributed by atoms with Crippen LogP contribution >= 0.6 is 0 Å². The molecule has 1 N–H and O–H groups in total. The molecule has 1 fully saturated rings. The van der Waals surface area contributed by atoms with Crippen molar-refractivity contribution in [2.75, 3.05) is 43.1 Å². The first-order chi connectivity index (χ1) is 17.5. The second-order valence-electron chi connectivity index (χ2n) is 8.13. The number of carbonyl (C=O) groups is 1. The zero-order chi connectivity index (χ0) is 24.9. The van der Waals surface area contributed by atoms with Gasteiger partial charge in [-0.3, -0.25) is 9.59 Å². The molecule has 1 aliphatic rings. The molecule has 0 spiro atoms. The zero-order valence-corrected chi connectivity index (χ0v) is 19.2. The molecule has 1 aromatic heterocycles. The molecule has 36 heavy (non-hydrogen) atoms. The third kappa shape index (κ3) is 5.47. The highest BCUT2D eigenvalue weighted by Crippen LogP contribution is 2.24. The predicted octanol–water partition coefficient (Wildman–Crippen LogP) is 4.58. The van der Waals surface area contributed by atoms with Gasteiger partial charge in [-0.1, -0.05) is 0 Å². The van der Waals surface area contributed by atoms with E-state index in [2.05, 4.69) is 10.2 Å². The van der Waals surface area contributed by atoms with Gasteiger partial charge in [0.15, 0.2) is 6.61 Å². The molecule has 8 nitrogen and oxygen atoms in total. The standard InChI is InChI=1S/C27H23FN2O6/c28-18-1-7-21(8-2-18)36-25-16-35-24-15-22(9-10-23(24)27(25)32)34-17-26(31)29-19-3-5-20(6-4-19)30-11-13-33-14-12-30/h1-10,15-16H,11-14,17H2,(H,29,31). The number of benzene rings is 3. The van der Waals surface area contributed by atoms with E-state index in [0.717, 1.165) is 18.8 Å². The normalized spacial score (nSPS) is 13.4. The number of rotatable bonds is 7. The average molecular weight is 490 g/mol. The van der Waals surface area contributed by atoms with Crippen molar-refractivity contribution in [3.63, 3.8) is 0 Å². The van der Waals surface area contributed by atoms with Crippen LogP contribution in [-0.2, 0) is 9.53 Å². The Morgan fingerprint density at radius 3 is 2.44 bits per heavy atom. The van der Waals surface area contributed by atoms with Crippen molar-refractivity contribution in [3.05, 3.63) is 89.0 Å². The zero-order valence-electron chi connectivity index (χ0n) is 19.2. The van der Waals surface area contributed by atoms with Crippen molar-refractivity contribution in [1.82, 2.24) is 0 Å². The Labute approximate surface area is 205 Å². The minimum atomic E-state index is -0.407. The van der Waals surface area contributed by atoms with E-state index in [1.165, 1.54) is 42.7 Å². The van der Waals surface area contributed by atoms with Gasteiger partial charge in [-0.2, -0.15) is 0 Å². The first-order valence-corrected chi connectivity index (χ1v) is 11.4. The maximum Gasteiger partial charge on any atom is 0.262 e. The molecule has 184 valence electrons. The molecule has 0 bridgehead atoms. The summed E-state index contributed by atoms with van der Waals surface area (Å²) >= 11 is 0. The molecule has 3 aromatic carbocycles. The van der Waals surface area contributed by atoms with Crippen molar-refractivity contribution < 1.29 is 27.8 Å². The number of nitrogens with zero attached hydrogens (tertiary/aromatic N) is 1. The number of ether oxygens (including phenoxy) is 3. The predicted molar refractivity (Wildman–Crippen MR) is 133 cm³/mol.